The summed E-state index contributed by atoms with van der Waals surface area (Å²) >= 11 is 11.9. The van der Waals surface area contributed by atoms with Gasteiger partial charge < -0.3 is 4.65 Å². The van der Waals surface area contributed by atoms with E-state index in [1.807, 2.05) is 44.2 Å². The molecule has 0 saturated carbocycles. The molecule has 0 aromatic heterocycles. The highest BCUT2D eigenvalue weighted by Crippen LogP contribution is 2.27. The standard InChI is InChI=1S/C14H12BCl2O.C6H11N/c1-9-3-5-11(16)7-13(9)15-18-14-8-12(17)6-4-10(14)2;1-2-4-7-5-6(7)3-1/h3-8H,1-2H3;6H,1-5H2. The Balaban J connectivity index is 0.000000213. The van der Waals surface area contributed by atoms with Crippen LogP contribution < -0.4 is 10.1 Å². The molecular formula is C20H23BCl2NO. The number of hydrogen-bond acceptors (Lipinski definition) is 2. The number of benzene rings is 2. The molecule has 2 fully saturated rings. The van der Waals surface area contributed by atoms with E-state index in [0.717, 1.165) is 28.4 Å². The topological polar surface area (TPSA) is 12.2 Å². The lowest BCUT2D eigenvalue weighted by Gasteiger charge is -2.10. The van der Waals surface area contributed by atoms with Gasteiger partial charge in [-0.05, 0) is 68.5 Å². The molecule has 2 atom stereocenters. The van der Waals surface area contributed by atoms with Crippen LogP contribution in [0.25, 0.3) is 0 Å². The maximum atomic E-state index is 5.96. The van der Waals surface area contributed by atoms with Crippen LogP contribution in [0.4, 0.5) is 0 Å². The highest BCUT2D eigenvalue weighted by Gasteiger charge is 2.34. The maximum absolute atomic E-state index is 5.96. The molecule has 25 heavy (non-hydrogen) atoms. The zero-order valence-electron chi connectivity index (χ0n) is 14.8. The second-order valence-corrected chi connectivity index (χ2v) is 7.66. The van der Waals surface area contributed by atoms with Crippen molar-refractivity contribution in [2.75, 3.05) is 13.1 Å². The highest BCUT2D eigenvalue weighted by atomic mass is 35.5. The quantitative estimate of drug-likeness (QED) is 0.565. The lowest BCUT2D eigenvalue weighted by Crippen LogP contribution is -2.23. The molecule has 0 bridgehead atoms. The minimum absolute atomic E-state index is 0.659. The van der Waals surface area contributed by atoms with Gasteiger partial charge in [0, 0.05) is 22.6 Å². The summed E-state index contributed by atoms with van der Waals surface area (Å²) < 4.78 is 5.67. The van der Waals surface area contributed by atoms with Crippen molar-refractivity contribution in [3.8, 4) is 5.75 Å². The largest absolute Gasteiger partial charge is 0.557 e. The van der Waals surface area contributed by atoms with Gasteiger partial charge in [0.25, 0.3) is 0 Å². The molecule has 131 valence electrons. The zero-order valence-corrected chi connectivity index (χ0v) is 16.3. The minimum Gasteiger partial charge on any atom is -0.557 e. The Hall–Kier alpha value is -1.16. The van der Waals surface area contributed by atoms with Gasteiger partial charge in [0.05, 0.1) is 0 Å². The molecule has 2 heterocycles. The first kappa shape index (κ1) is 18.6. The van der Waals surface area contributed by atoms with Crippen LogP contribution in [-0.2, 0) is 0 Å². The zero-order chi connectivity index (χ0) is 17.8. The fourth-order valence-electron chi connectivity index (χ4n) is 3.03. The van der Waals surface area contributed by atoms with Crippen LogP contribution in [0.2, 0.25) is 10.0 Å². The van der Waals surface area contributed by atoms with Crippen LogP contribution in [0.3, 0.4) is 0 Å². The number of nitrogens with zero attached hydrogens (tertiary/aromatic N) is 1. The Bertz CT molecular complexity index is 676. The Morgan fingerprint density at radius 1 is 1.00 bits per heavy atom. The fourth-order valence-corrected chi connectivity index (χ4v) is 3.37. The van der Waals surface area contributed by atoms with Gasteiger partial charge in [-0.15, -0.1) is 0 Å². The van der Waals surface area contributed by atoms with Crippen LogP contribution in [0.1, 0.15) is 30.4 Å². The van der Waals surface area contributed by atoms with Gasteiger partial charge in [-0.1, -0.05) is 47.3 Å². The summed E-state index contributed by atoms with van der Waals surface area (Å²) in [5.74, 6) is 0.752. The smallest absolute Gasteiger partial charge is 0.409 e. The van der Waals surface area contributed by atoms with Crippen LogP contribution in [-0.4, -0.2) is 31.5 Å². The van der Waals surface area contributed by atoms with Crippen LogP contribution in [0, 0.1) is 13.8 Å². The Morgan fingerprint density at radius 2 is 1.72 bits per heavy atom. The van der Waals surface area contributed by atoms with Gasteiger partial charge in [-0.2, -0.15) is 0 Å². The molecule has 2 unspecified atom stereocenters. The van der Waals surface area contributed by atoms with Gasteiger partial charge in [0.2, 0.25) is 0 Å². The van der Waals surface area contributed by atoms with E-state index in [9.17, 15) is 0 Å². The van der Waals surface area contributed by atoms with E-state index in [2.05, 4.69) is 4.90 Å². The summed E-state index contributed by atoms with van der Waals surface area (Å²) in [6, 6.07) is 12.3. The predicted molar refractivity (Wildman–Crippen MR) is 108 cm³/mol. The Kier molecular flexibility index (Phi) is 6.32. The molecule has 2 saturated heterocycles. The van der Waals surface area contributed by atoms with Crippen molar-refractivity contribution in [1.82, 2.24) is 4.90 Å². The summed E-state index contributed by atoms with van der Waals surface area (Å²) in [5, 5.41) is 1.35. The third-order valence-corrected chi connectivity index (χ3v) is 5.24. The highest BCUT2D eigenvalue weighted by molar-refractivity contribution is 6.49. The normalized spacial score (nSPS) is 20.8. The van der Waals surface area contributed by atoms with Crippen LogP contribution in [0.15, 0.2) is 36.4 Å². The first-order valence-corrected chi connectivity index (χ1v) is 9.55. The fraction of sp³-hybridized carbons (Fsp3) is 0.400. The minimum atomic E-state index is 0.659. The van der Waals surface area contributed by atoms with Gasteiger partial charge in [-0.25, -0.2) is 0 Å². The van der Waals surface area contributed by atoms with Crippen molar-refractivity contribution in [3.63, 3.8) is 0 Å². The van der Waals surface area contributed by atoms with E-state index in [0.29, 0.717) is 10.0 Å². The van der Waals surface area contributed by atoms with E-state index in [1.165, 1.54) is 32.4 Å². The Morgan fingerprint density at radius 3 is 2.40 bits per heavy atom. The van der Waals surface area contributed by atoms with Crippen molar-refractivity contribution in [1.29, 1.82) is 0 Å². The average molecular weight is 375 g/mol. The average Bonchev–Trinajstić information content (AvgIpc) is 3.39. The molecule has 0 spiro atoms. The summed E-state index contributed by atoms with van der Waals surface area (Å²) in [5.41, 5.74) is 3.11. The lowest BCUT2D eigenvalue weighted by molar-refractivity contribution is 0.410. The maximum Gasteiger partial charge on any atom is 0.409 e. The monoisotopic (exact) mass is 374 g/mol. The first-order valence-electron chi connectivity index (χ1n) is 8.79. The molecule has 2 nitrogen and oxygen atoms in total. The molecule has 5 heteroatoms. The second-order valence-electron chi connectivity index (χ2n) is 6.79. The van der Waals surface area contributed by atoms with Crippen molar-refractivity contribution < 1.29 is 4.65 Å². The van der Waals surface area contributed by atoms with E-state index < -0.39 is 0 Å². The van der Waals surface area contributed by atoms with E-state index in [1.54, 1.807) is 13.5 Å². The SMILES string of the molecule is C1CCN2CC2C1.Cc1ccc(Cl)cc1[B]Oc1cc(Cl)ccc1C. The number of piperidine rings is 1. The molecule has 2 aliphatic heterocycles. The molecular weight excluding hydrogens is 352 g/mol. The first-order chi connectivity index (χ1) is 12.0. The molecule has 4 rings (SSSR count). The van der Waals surface area contributed by atoms with Crippen molar-refractivity contribution in [2.24, 2.45) is 0 Å². The van der Waals surface area contributed by atoms with Gasteiger partial charge in [0.15, 0.2) is 0 Å². The summed E-state index contributed by atoms with van der Waals surface area (Å²) in [6.07, 6.45) is 4.43. The van der Waals surface area contributed by atoms with E-state index in [-0.39, 0.29) is 0 Å². The van der Waals surface area contributed by atoms with Gasteiger partial charge in [-0.3, -0.25) is 4.90 Å². The van der Waals surface area contributed by atoms with Crippen molar-refractivity contribution >= 4 is 36.1 Å². The number of hydrogen-bond donors (Lipinski definition) is 0. The van der Waals surface area contributed by atoms with E-state index in [4.69, 9.17) is 27.9 Å². The summed E-state index contributed by atoms with van der Waals surface area (Å²) in [6.45, 7) is 6.80. The van der Waals surface area contributed by atoms with Gasteiger partial charge in [0.1, 0.15) is 5.75 Å². The molecule has 1 radical (unpaired) electrons. The number of rotatable bonds is 3. The lowest BCUT2D eigenvalue weighted by atomic mass is 9.84. The van der Waals surface area contributed by atoms with Crippen LogP contribution in [0.5, 0.6) is 5.75 Å². The Labute approximate surface area is 161 Å². The van der Waals surface area contributed by atoms with Crippen molar-refractivity contribution in [3.05, 3.63) is 57.6 Å². The molecule has 2 aliphatic rings. The number of fused-ring (bicyclic) bond motifs is 1. The summed E-state index contributed by atoms with van der Waals surface area (Å²) in [4.78, 5) is 2.56. The van der Waals surface area contributed by atoms with Crippen molar-refractivity contribution in [2.45, 2.75) is 39.2 Å². The third kappa shape index (κ3) is 5.41. The molecule has 0 N–H and O–H groups in total. The molecule has 0 amide bonds. The van der Waals surface area contributed by atoms with E-state index >= 15 is 0 Å². The second kappa shape index (κ2) is 8.48. The summed E-state index contributed by atoms with van der Waals surface area (Å²) in [7, 11) is 1.69. The number of aryl methyl sites for hydroxylation is 2. The molecule has 2 aromatic rings. The molecule has 2 aromatic carbocycles. The van der Waals surface area contributed by atoms with Gasteiger partial charge >= 0.3 is 7.48 Å². The van der Waals surface area contributed by atoms with Crippen LogP contribution >= 0.6 is 23.2 Å². The third-order valence-electron chi connectivity index (χ3n) is 4.77. The molecule has 0 aliphatic carbocycles. The number of halogens is 2. The predicted octanol–water partition coefficient (Wildman–Crippen LogP) is 4.79.